The normalized spacial score (nSPS) is 28.4. The summed E-state index contributed by atoms with van der Waals surface area (Å²) in [7, 11) is 1.96. The lowest BCUT2D eigenvalue weighted by atomic mass is 9.77. The van der Waals surface area contributed by atoms with Crippen molar-refractivity contribution >= 4 is 5.97 Å². The van der Waals surface area contributed by atoms with Crippen LogP contribution in [-0.2, 0) is 4.79 Å². The zero-order valence-corrected chi connectivity index (χ0v) is 10.9. The van der Waals surface area contributed by atoms with Crippen LogP contribution in [0.2, 0.25) is 0 Å². The molecule has 3 atom stereocenters. The Hall–Kier alpha value is -0.570. The molecule has 1 rings (SSSR count). The van der Waals surface area contributed by atoms with Crippen molar-refractivity contribution in [2.75, 3.05) is 7.05 Å². The van der Waals surface area contributed by atoms with Gasteiger partial charge >= 0.3 is 5.97 Å². The molecular weight excluding hydrogens is 202 g/mol. The second-order valence-electron chi connectivity index (χ2n) is 5.44. The molecule has 0 radical (unpaired) electrons. The third kappa shape index (κ3) is 2.97. The molecule has 0 amide bonds. The predicted molar refractivity (Wildman–Crippen MR) is 65.4 cm³/mol. The zero-order valence-electron chi connectivity index (χ0n) is 10.9. The first-order chi connectivity index (χ1) is 7.45. The molecule has 1 aliphatic rings. The van der Waals surface area contributed by atoms with Gasteiger partial charge in [0.2, 0.25) is 0 Å². The largest absolute Gasteiger partial charge is 0.480 e. The highest BCUT2D eigenvalue weighted by Gasteiger charge is 2.33. The molecular formula is C13H25NO2. The maximum absolute atomic E-state index is 11.0. The Morgan fingerprint density at radius 1 is 1.25 bits per heavy atom. The van der Waals surface area contributed by atoms with Crippen LogP contribution in [0.15, 0.2) is 0 Å². The third-order valence-electron chi connectivity index (χ3n) is 4.13. The van der Waals surface area contributed by atoms with Gasteiger partial charge < -0.3 is 5.11 Å². The van der Waals surface area contributed by atoms with Gasteiger partial charge in [0.15, 0.2) is 0 Å². The SMILES string of the molecule is CC(C)C1CCCCC1N(C)C(C)C(=O)O. The molecule has 1 N–H and O–H groups in total. The molecule has 16 heavy (non-hydrogen) atoms. The lowest BCUT2D eigenvalue weighted by molar-refractivity contribution is -0.143. The molecule has 0 aliphatic heterocycles. The molecule has 0 bridgehead atoms. The monoisotopic (exact) mass is 227 g/mol. The lowest BCUT2D eigenvalue weighted by Gasteiger charge is -2.41. The fourth-order valence-corrected chi connectivity index (χ4v) is 2.88. The molecule has 0 aromatic carbocycles. The number of hydrogen-bond donors (Lipinski definition) is 1. The molecule has 3 nitrogen and oxygen atoms in total. The van der Waals surface area contributed by atoms with E-state index in [4.69, 9.17) is 5.11 Å². The van der Waals surface area contributed by atoms with Gasteiger partial charge in [0, 0.05) is 6.04 Å². The van der Waals surface area contributed by atoms with Crippen LogP contribution in [0.4, 0.5) is 0 Å². The highest BCUT2D eigenvalue weighted by molar-refractivity contribution is 5.72. The second kappa shape index (κ2) is 5.67. The molecule has 0 saturated heterocycles. The smallest absolute Gasteiger partial charge is 0.320 e. The topological polar surface area (TPSA) is 40.5 Å². The van der Waals surface area contributed by atoms with Gasteiger partial charge in [-0.1, -0.05) is 26.7 Å². The molecule has 0 aromatic rings. The molecule has 94 valence electrons. The zero-order chi connectivity index (χ0) is 12.3. The van der Waals surface area contributed by atoms with Crippen LogP contribution < -0.4 is 0 Å². The van der Waals surface area contributed by atoms with Gasteiger partial charge in [0.05, 0.1) is 0 Å². The van der Waals surface area contributed by atoms with Crippen LogP contribution in [-0.4, -0.2) is 35.1 Å². The average molecular weight is 227 g/mol. The Morgan fingerprint density at radius 3 is 2.31 bits per heavy atom. The average Bonchev–Trinajstić information content (AvgIpc) is 2.26. The quantitative estimate of drug-likeness (QED) is 0.802. The minimum atomic E-state index is -0.712. The van der Waals surface area contributed by atoms with Crippen LogP contribution in [0.1, 0.15) is 46.5 Å². The standard InChI is InChI=1S/C13H25NO2/c1-9(2)11-7-5-6-8-12(11)14(4)10(3)13(15)16/h9-12H,5-8H2,1-4H3,(H,15,16). The van der Waals surface area contributed by atoms with Crippen molar-refractivity contribution in [2.45, 2.75) is 58.5 Å². The van der Waals surface area contributed by atoms with Gasteiger partial charge in [-0.2, -0.15) is 0 Å². The van der Waals surface area contributed by atoms with Crippen molar-refractivity contribution in [3.63, 3.8) is 0 Å². The molecule has 1 saturated carbocycles. The first-order valence-corrected chi connectivity index (χ1v) is 6.40. The Labute approximate surface area is 98.8 Å². The Bertz CT molecular complexity index is 240. The number of hydrogen-bond acceptors (Lipinski definition) is 2. The molecule has 0 aromatic heterocycles. The number of nitrogens with zero attached hydrogens (tertiary/aromatic N) is 1. The van der Waals surface area contributed by atoms with Crippen molar-refractivity contribution in [3.8, 4) is 0 Å². The molecule has 3 unspecified atom stereocenters. The van der Waals surface area contributed by atoms with E-state index < -0.39 is 5.97 Å². The van der Waals surface area contributed by atoms with Crippen LogP contribution in [0.25, 0.3) is 0 Å². The van der Waals surface area contributed by atoms with Crippen LogP contribution in [0.3, 0.4) is 0 Å². The fraction of sp³-hybridized carbons (Fsp3) is 0.923. The van der Waals surface area contributed by atoms with E-state index in [2.05, 4.69) is 18.7 Å². The van der Waals surface area contributed by atoms with E-state index in [1.807, 2.05) is 7.05 Å². The Kier molecular flexibility index (Phi) is 4.78. The maximum Gasteiger partial charge on any atom is 0.320 e. The second-order valence-corrected chi connectivity index (χ2v) is 5.44. The van der Waals surface area contributed by atoms with Crippen molar-refractivity contribution in [3.05, 3.63) is 0 Å². The van der Waals surface area contributed by atoms with E-state index in [-0.39, 0.29) is 6.04 Å². The third-order valence-corrected chi connectivity index (χ3v) is 4.13. The van der Waals surface area contributed by atoms with Crippen molar-refractivity contribution in [1.82, 2.24) is 4.90 Å². The summed E-state index contributed by atoms with van der Waals surface area (Å²) in [6, 6.07) is 0.0733. The summed E-state index contributed by atoms with van der Waals surface area (Å²) in [6.45, 7) is 6.29. The van der Waals surface area contributed by atoms with Gasteiger partial charge in [-0.15, -0.1) is 0 Å². The van der Waals surface area contributed by atoms with Gasteiger partial charge in [-0.3, -0.25) is 9.69 Å². The number of carbonyl (C=O) groups is 1. The number of carboxylic acids is 1. The van der Waals surface area contributed by atoms with E-state index >= 15 is 0 Å². The number of rotatable bonds is 4. The first kappa shape index (κ1) is 13.5. The fourth-order valence-electron chi connectivity index (χ4n) is 2.88. The van der Waals surface area contributed by atoms with Gasteiger partial charge in [-0.05, 0) is 38.6 Å². The van der Waals surface area contributed by atoms with Crippen molar-refractivity contribution in [2.24, 2.45) is 11.8 Å². The molecule has 1 fully saturated rings. The summed E-state index contributed by atoms with van der Waals surface area (Å²) in [5.41, 5.74) is 0. The summed E-state index contributed by atoms with van der Waals surface area (Å²) in [6.07, 6.45) is 4.94. The van der Waals surface area contributed by atoms with Crippen LogP contribution in [0, 0.1) is 11.8 Å². The minimum Gasteiger partial charge on any atom is -0.480 e. The lowest BCUT2D eigenvalue weighted by Crippen LogP contribution is -2.48. The molecule has 0 heterocycles. The molecule has 3 heteroatoms. The predicted octanol–water partition coefficient (Wildman–Crippen LogP) is 2.61. The summed E-state index contributed by atoms with van der Waals surface area (Å²) in [5.74, 6) is 0.588. The van der Waals surface area contributed by atoms with Crippen LogP contribution in [0.5, 0.6) is 0 Å². The van der Waals surface area contributed by atoms with E-state index in [0.29, 0.717) is 17.9 Å². The number of carboxylic acid groups (broad SMARTS) is 1. The van der Waals surface area contributed by atoms with Crippen molar-refractivity contribution in [1.29, 1.82) is 0 Å². The van der Waals surface area contributed by atoms with Crippen molar-refractivity contribution < 1.29 is 9.90 Å². The highest BCUT2D eigenvalue weighted by atomic mass is 16.4. The highest BCUT2D eigenvalue weighted by Crippen LogP contribution is 2.33. The van der Waals surface area contributed by atoms with Gasteiger partial charge in [0.1, 0.15) is 6.04 Å². The number of aliphatic carboxylic acids is 1. The molecule has 1 aliphatic carbocycles. The molecule has 0 spiro atoms. The van der Waals surface area contributed by atoms with E-state index in [1.54, 1.807) is 6.92 Å². The summed E-state index contributed by atoms with van der Waals surface area (Å²) < 4.78 is 0. The maximum atomic E-state index is 11.0. The summed E-state index contributed by atoms with van der Waals surface area (Å²) in [4.78, 5) is 13.1. The van der Waals surface area contributed by atoms with Gasteiger partial charge in [0.25, 0.3) is 0 Å². The number of likely N-dealkylation sites (N-methyl/N-ethyl adjacent to an activating group) is 1. The Morgan fingerprint density at radius 2 is 1.81 bits per heavy atom. The van der Waals surface area contributed by atoms with Crippen LogP contribution >= 0.6 is 0 Å². The summed E-state index contributed by atoms with van der Waals surface area (Å²) in [5, 5.41) is 9.07. The van der Waals surface area contributed by atoms with E-state index in [1.165, 1.54) is 19.3 Å². The van der Waals surface area contributed by atoms with Gasteiger partial charge in [-0.25, -0.2) is 0 Å². The summed E-state index contributed by atoms with van der Waals surface area (Å²) >= 11 is 0. The van der Waals surface area contributed by atoms with E-state index in [9.17, 15) is 4.79 Å². The first-order valence-electron chi connectivity index (χ1n) is 6.40. The Balaban J connectivity index is 2.70. The van der Waals surface area contributed by atoms with E-state index in [0.717, 1.165) is 6.42 Å². The minimum absolute atomic E-state index is 0.371.